The van der Waals surface area contributed by atoms with Gasteiger partial charge in [-0.1, -0.05) is 60.7 Å². The maximum Gasteiger partial charge on any atom is 0.211 e. The van der Waals surface area contributed by atoms with Crippen LogP contribution in [0.3, 0.4) is 0 Å². The van der Waals surface area contributed by atoms with Gasteiger partial charge in [0, 0.05) is 12.0 Å². The van der Waals surface area contributed by atoms with Crippen molar-refractivity contribution in [3.8, 4) is 0 Å². The number of hydrogen-bond acceptors (Lipinski definition) is 2. The third kappa shape index (κ3) is 3.92. The number of hydrogen-bond donors (Lipinski definition) is 1. The Morgan fingerprint density at radius 2 is 1.48 bits per heavy atom. The third-order valence-electron chi connectivity index (χ3n) is 3.85. The summed E-state index contributed by atoms with van der Waals surface area (Å²) < 4.78 is 0. The van der Waals surface area contributed by atoms with E-state index in [4.69, 9.17) is 0 Å². The fraction of sp³-hybridized carbons (Fsp3) is 0.278. The van der Waals surface area contributed by atoms with Gasteiger partial charge in [-0.25, -0.2) is 0 Å². The topological polar surface area (TPSA) is 40.5 Å². The normalized spacial score (nSPS) is 12.1. The van der Waals surface area contributed by atoms with Crippen LogP contribution in [0.4, 0.5) is 0 Å². The molecule has 0 aliphatic heterocycles. The molecule has 1 atom stereocenters. The molecule has 3 nitrogen and oxygen atoms in total. The summed E-state index contributed by atoms with van der Waals surface area (Å²) in [6.45, 7) is 1.71. The summed E-state index contributed by atoms with van der Waals surface area (Å²) in [4.78, 5) is 12.4. The molecule has 2 aromatic rings. The second-order valence-corrected chi connectivity index (χ2v) is 5.22. The number of aliphatic hydroxyl groups excluding tert-OH is 1. The highest BCUT2D eigenvalue weighted by molar-refractivity contribution is 5.47. The number of nitrogens with zero attached hydrogens (tertiary/aromatic N) is 1. The first kappa shape index (κ1) is 15.3. The molecule has 2 aromatic carbocycles. The van der Waals surface area contributed by atoms with Crippen molar-refractivity contribution in [1.82, 2.24) is 4.90 Å². The second-order valence-electron chi connectivity index (χ2n) is 5.22. The molecule has 0 heterocycles. The van der Waals surface area contributed by atoms with Crippen molar-refractivity contribution in [1.29, 1.82) is 0 Å². The van der Waals surface area contributed by atoms with Crippen LogP contribution in [-0.2, 0) is 4.79 Å². The lowest BCUT2D eigenvalue weighted by molar-refractivity contribution is -0.123. The minimum atomic E-state index is -0.249. The molecule has 0 bridgehead atoms. The molecule has 0 saturated carbocycles. The highest BCUT2D eigenvalue weighted by Crippen LogP contribution is 2.30. The number of carbonyl (C=O) groups excluding carboxylic acids is 1. The summed E-state index contributed by atoms with van der Waals surface area (Å²) >= 11 is 0. The Labute approximate surface area is 125 Å². The summed E-state index contributed by atoms with van der Waals surface area (Å²) in [5, 5.41) is 9.25. The zero-order chi connectivity index (χ0) is 15.1. The predicted molar refractivity (Wildman–Crippen MR) is 83.8 cm³/mol. The van der Waals surface area contributed by atoms with Gasteiger partial charge in [0.05, 0.1) is 0 Å². The smallest absolute Gasteiger partial charge is 0.211 e. The van der Waals surface area contributed by atoms with Gasteiger partial charge in [0.1, 0.15) is 6.73 Å². The van der Waals surface area contributed by atoms with Crippen LogP contribution in [0.25, 0.3) is 0 Å². The van der Waals surface area contributed by atoms with E-state index in [-0.39, 0.29) is 18.7 Å². The molecule has 0 unspecified atom stereocenters. The molecule has 21 heavy (non-hydrogen) atoms. The molecule has 1 amide bonds. The van der Waals surface area contributed by atoms with Crippen LogP contribution in [0, 0.1) is 0 Å². The van der Waals surface area contributed by atoms with Crippen molar-refractivity contribution in [3.63, 3.8) is 0 Å². The van der Waals surface area contributed by atoms with Crippen LogP contribution in [-0.4, -0.2) is 29.2 Å². The fourth-order valence-electron chi connectivity index (χ4n) is 2.59. The standard InChI is InChI=1S/C18H21NO2/c1-15(19(13-20)14-21)12-18(16-8-4-2-5-9-16)17-10-6-3-7-11-17/h2-11,13,15,18,21H,12,14H2,1H3/t15-/m1/s1. The van der Waals surface area contributed by atoms with E-state index in [2.05, 4.69) is 24.3 Å². The van der Waals surface area contributed by atoms with E-state index < -0.39 is 0 Å². The Balaban J connectivity index is 2.27. The zero-order valence-corrected chi connectivity index (χ0v) is 12.2. The third-order valence-corrected chi connectivity index (χ3v) is 3.85. The Kier molecular flexibility index (Phi) is 5.52. The van der Waals surface area contributed by atoms with Crippen LogP contribution < -0.4 is 0 Å². The summed E-state index contributed by atoms with van der Waals surface area (Å²) in [5.41, 5.74) is 2.44. The van der Waals surface area contributed by atoms with Crippen LogP contribution in [0.1, 0.15) is 30.4 Å². The van der Waals surface area contributed by atoms with Gasteiger partial charge in [-0.2, -0.15) is 0 Å². The minimum absolute atomic E-state index is 0.0297. The number of aliphatic hydroxyl groups is 1. The van der Waals surface area contributed by atoms with E-state index in [9.17, 15) is 9.90 Å². The van der Waals surface area contributed by atoms with Gasteiger partial charge < -0.3 is 10.0 Å². The summed E-state index contributed by atoms with van der Waals surface area (Å²) in [6.07, 6.45) is 1.48. The van der Waals surface area contributed by atoms with E-state index >= 15 is 0 Å². The second kappa shape index (κ2) is 7.60. The first-order valence-corrected chi connectivity index (χ1v) is 7.18. The van der Waals surface area contributed by atoms with Gasteiger partial charge in [-0.05, 0) is 24.5 Å². The number of rotatable bonds is 7. The Bertz CT molecular complexity index is 502. The number of carbonyl (C=O) groups is 1. The summed E-state index contributed by atoms with van der Waals surface area (Å²) in [7, 11) is 0. The lowest BCUT2D eigenvalue weighted by atomic mass is 9.86. The van der Waals surface area contributed by atoms with Gasteiger partial charge >= 0.3 is 0 Å². The van der Waals surface area contributed by atoms with E-state index in [1.807, 2.05) is 43.3 Å². The monoisotopic (exact) mass is 283 g/mol. The Morgan fingerprint density at radius 3 is 1.86 bits per heavy atom. The molecular weight excluding hydrogens is 262 g/mol. The highest BCUT2D eigenvalue weighted by atomic mass is 16.3. The highest BCUT2D eigenvalue weighted by Gasteiger charge is 2.20. The molecule has 0 radical (unpaired) electrons. The van der Waals surface area contributed by atoms with Crippen molar-refractivity contribution >= 4 is 6.41 Å². The Morgan fingerprint density at radius 1 is 1.00 bits per heavy atom. The van der Waals surface area contributed by atoms with Gasteiger partial charge in [0.25, 0.3) is 0 Å². The first-order chi connectivity index (χ1) is 10.3. The van der Waals surface area contributed by atoms with Crippen LogP contribution in [0.15, 0.2) is 60.7 Å². The maximum atomic E-state index is 11.0. The minimum Gasteiger partial charge on any atom is -0.376 e. The van der Waals surface area contributed by atoms with Crippen molar-refractivity contribution in [3.05, 3.63) is 71.8 Å². The van der Waals surface area contributed by atoms with Gasteiger partial charge in [-0.3, -0.25) is 4.79 Å². The molecule has 110 valence electrons. The molecule has 0 aliphatic carbocycles. The molecule has 0 saturated heterocycles. The SMILES string of the molecule is C[C@H](CC(c1ccccc1)c1ccccc1)N(C=O)CO. The van der Waals surface area contributed by atoms with E-state index in [1.54, 1.807) is 0 Å². The van der Waals surface area contributed by atoms with Crippen LogP contribution in [0.5, 0.6) is 0 Å². The average Bonchev–Trinajstić information content (AvgIpc) is 2.55. The molecule has 2 rings (SSSR count). The average molecular weight is 283 g/mol. The molecule has 0 fully saturated rings. The Hall–Kier alpha value is -2.13. The fourth-order valence-corrected chi connectivity index (χ4v) is 2.59. The number of benzene rings is 2. The van der Waals surface area contributed by atoms with E-state index in [1.165, 1.54) is 16.0 Å². The molecule has 0 aliphatic rings. The van der Waals surface area contributed by atoms with Crippen molar-refractivity contribution < 1.29 is 9.90 Å². The van der Waals surface area contributed by atoms with Crippen LogP contribution in [0.2, 0.25) is 0 Å². The van der Waals surface area contributed by atoms with Gasteiger partial charge in [-0.15, -0.1) is 0 Å². The van der Waals surface area contributed by atoms with E-state index in [0.29, 0.717) is 6.41 Å². The lowest BCUT2D eigenvalue weighted by Gasteiger charge is -2.27. The quantitative estimate of drug-likeness (QED) is 0.627. The van der Waals surface area contributed by atoms with E-state index in [0.717, 1.165) is 6.42 Å². The molecule has 0 aromatic heterocycles. The molecular formula is C18H21NO2. The van der Waals surface area contributed by atoms with Gasteiger partial charge in [0.15, 0.2) is 0 Å². The largest absolute Gasteiger partial charge is 0.376 e. The van der Waals surface area contributed by atoms with Crippen LogP contribution >= 0.6 is 0 Å². The maximum absolute atomic E-state index is 11.0. The first-order valence-electron chi connectivity index (χ1n) is 7.18. The van der Waals surface area contributed by atoms with Gasteiger partial charge in [0.2, 0.25) is 6.41 Å². The molecule has 3 heteroatoms. The lowest BCUT2D eigenvalue weighted by Crippen LogP contribution is -2.34. The van der Waals surface area contributed by atoms with Crippen molar-refractivity contribution in [2.24, 2.45) is 0 Å². The zero-order valence-electron chi connectivity index (χ0n) is 12.2. The molecule has 0 spiro atoms. The summed E-state index contributed by atoms with van der Waals surface area (Å²) in [6, 6.07) is 20.5. The molecule has 1 N–H and O–H groups in total. The van der Waals surface area contributed by atoms with Crippen molar-refractivity contribution in [2.75, 3.05) is 6.73 Å². The van der Waals surface area contributed by atoms with Crippen molar-refractivity contribution in [2.45, 2.75) is 25.3 Å². The predicted octanol–water partition coefficient (Wildman–Crippen LogP) is 3.01. The summed E-state index contributed by atoms with van der Waals surface area (Å²) in [5.74, 6) is 0.205. The number of amides is 1.